The molecule has 2 N–H and O–H groups in total. The van der Waals surface area contributed by atoms with Crippen molar-refractivity contribution < 1.29 is 28.1 Å². The SMILES string of the molecule is CC(C)[C@@H]1NP2(Oc3cccc([N+](=O)[O-])c3)(N[C@@H](C(C)C)C(=O)O2)OC1=O. The van der Waals surface area contributed by atoms with Gasteiger partial charge < -0.3 is 0 Å². The Labute approximate surface area is 156 Å². The zero-order valence-corrected chi connectivity index (χ0v) is 16.3. The molecule has 1 aromatic rings. The number of rotatable bonds is 5. The van der Waals surface area contributed by atoms with Crippen molar-refractivity contribution in [2.75, 3.05) is 0 Å². The summed E-state index contributed by atoms with van der Waals surface area (Å²) < 4.78 is 17.0. The van der Waals surface area contributed by atoms with Crippen LogP contribution in [0.2, 0.25) is 0 Å². The number of carbonyl (C=O) groups is 2. The molecule has 27 heavy (non-hydrogen) atoms. The number of non-ortho nitro benzene ring substituents is 1. The van der Waals surface area contributed by atoms with E-state index < -0.39 is 36.5 Å². The molecule has 2 saturated heterocycles. The third kappa shape index (κ3) is 3.36. The van der Waals surface area contributed by atoms with Gasteiger partial charge in [-0.3, -0.25) is 0 Å². The van der Waals surface area contributed by atoms with Crippen LogP contribution in [0.1, 0.15) is 27.7 Å². The quantitative estimate of drug-likeness (QED) is 0.436. The second-order valence-electron chi connectivity index (χ2n) is 7.25. The summed E-state index contributed by atoms with van der Waals surface area (Å²) in [6, 6.07) is 3.86. The van der Waals surface area contributed by atoms with Crippen molar-refractivity contribution in [1.82, 2.24) is 10.2 Å². The van der Waals surface area contributed by atoms with E-state index in [1.807, 2.05) is 27.7 Å². The molecule has 2 heterocycles. The normalized spacial score (nSPS) is 27.3. The minimum absolute atomic E-state index is 0.0382. The first-order valence-corrected chi connectivity index (χ1v) is 10.5. The van der Waals surface area contributed by atoms with Gasteiger partial charge in [-0.2, -0.15) is 0 Å². The van der Waals surface area contributed by atoms with Gasteiger partial charge in [-0.1, -0.05) is 0 Å². The van der Waals surface area contributed by atoms with E-state index in [0.717, 1.165) is 0 Å². The first kappa shape index (κ1) is 19.5. The molecule has 0 saturated carbocycles. The van der Waals surface area contributed by atoms with Crippen LogP contribution < -0.4 is 14.7 Å². The van der Waals surface area contributed by atoms with Gasteiger partial charge in [0.05, 0.1) is 0 Å². The van der Waals surface area contributed by atoms with E-state index in [1.54, 1.807) is 0 Å². The van der Waals surface area contributed by atoms with Gasteiger partial charge in [0, 0.05) is 0 Å². The van der Waals surface area contributed by atoms with Crippen molar-refractivity contribution >= 4 is 25.2 Å². The number of nitrogens with zero attached hydrogens (tertiary/aromatic N) is 1. The fraction of sp³-hybridized carbons (Fsp3) is 0.500. The molecule has 0 amide bonds. The van der Waals surface area contributed by atoms with Crippen LogP contribution in [-0.2, 0) is 18.6 Å². The molecule has 11 heteroatoms. The number of carbonyl (C=O) groups excluding carboxylic acids is 2. The molecule has 2 aliphatic heterocycles. The summed E-state index contributed by atoms with van der Waals surface area (Å²) in [6.07, 6.45) is 0. The summed E-state index contributed by atoms with van der Waals surface area (Å²) in [7, 11) is -4.62. The molecule has 3 rings (SSSR count). The molecule has 0 bridgehead atoms. The second kappa shape index (κ2) is 6.40. The first-order valence-electron chi connectivity index (χ1n) is 8.56. The Morgan fingerprint density at radius 3 is 2.00 bits per heavy atom. The van der Waals surface area contributed by atoms with E-state index in [9.17, 15) is 19.7 Å². The van der Waals surface area contributed by atoms with E-state index in [2.05, 4.69) is 10.2 Å². The van der Waals surface area contributed by atoms with Crippen LogP contribution in [0.4, 0.5) is 5.69 Å². The van der Waals surface area contributed by atoms with E-state index in [0.29, 0.717) is 0 Å². The van der Waals surface area contributed by atoms with E-state index in [-0.39, 0.29) is 23.3 Å². The summed E-state index contributed by atoms with van der Waals surface area (Å²) in [5.41, 5.74) is -0.207. The molecule has 2 atom stereocenters. The zero-order chi connectivity index (χ0) is 20.0. The van der Waals surface area contributed by atoms with Crippen LogP contribution in [0, 0.1) is 22.0 Å². The Morgan fingerprint density at radius 1 is 1.07 bits per heavy atom. The van der Waals surface area contributed by atoms with Crippen molar-refractivity contribution in [2.45, 2.75) is 39.8 Å². The third-order valence-corrected chi connectivity index (χ3v) is 7.39. The average molecular weight is 399 g/mol. The Bertz CT molecular complexity index is 777. The minimum atomic E-state index is -4.62. The number of nitrogens with one attached hydrogen (secondary N) is 2. The fourth-order valence-corrected chi connectivity index (χ4v) is 6.61. The van der Waals surface area contributed by atoms with Crippen LogP contribution in [0.5, 0.6) is 5.75 Å². The number of hydrogen-bond donors (Lipinski definition) is 2. The molecule has 2 aliphatic rings. The van der Waals surface area contributed by atoms with Gasteiger partial charge in [-0.25, -0.2) is 0 Å². The number of benzene rings is 1. The van der Waals surface area contributed by atoms with Crippen molar-refractivity contribution in [2.24, 2.45) is 11.8 Å². The van der Waals surface area contributed by atoms with Gasteiger partial charge in [0.15, 0.2) is 0 Å². The molecule has 148 valence electrons. The molecule has 0 aliphatic carbocycles. The summed E-state index contributed by atoms with van der Waals surface area (Å²) in [5.74, 6) is -1.51. The van der Waals surface area contributed by atoms with E-state index in [1.165, 1.54) is 24.3 Å². The molecule has 0 unspecified atom stereocenters. The molecule has 1 spiro atoms. The Hall–Kier alpha value is -2.29. The predicted molar refractivity (Wildman–Crippen MR) is 96.4 cm³/mol. The van der Waals surface area contributed by atoms with Crippen LogP contribution in [0.3, 0.4) is 0 Å². The van der Waals surface area contributed by atoms with Crippen LogP contribution in [0.25, 0.3) is 0 Å². The zero-order valence-electron chi connectivity index (χ0n) is 15.4. The van der Waals surface area contributed by atoms with Crippen LogP contribution in [0.15, 0.2) is 24.3 Å². The van der Waals surface area contributed by atoms with Crippen molar-refractivity contribution in [3.05, 3.63) is 34.4 Å². The Morgan fingerprint density at radius 2 is 1.59 bits per heavy atom. The van der Waals surface area contributed by atoms with Gasteiger partial charge in [-0.05, 0) is 0 Å². The molecular weight excluding hydrogens is 377 g/mol. The maximum atomic E-state index is 12.5. The van der Waals surface area contributed by atoms with E-state index in [4.69, 9.17) is 13.6 Å². The topological polar surface area (TPSA) is 129 Å². The van der Waals surface area contributed by atoms with Crippen molar-refractivity contribution in [3.8, 4) is 5.75 Å². The maximum absolute atomic E-state index is 12.5. The van der Waals surface area contributed by atoms with Crippen molar-refractivity contribution in [3.63, 3.8) is 0 Å². The predicted octanol–water partition coefficient (Wildman–Crippen LogP) is 2.44. The summed E-state index contributed by atoms with van der Waals surface area (Å²) >= 11 is 0. The summed E-state index contributed by atoms with van der Waals surface area (Å²) in [4.78, 5) is 35.4. The fourth-order valence-electron chi connectivity index (χ4n) is 2.96. The number of hydrogen-bond acceptors (Lipinski definition) is 9. The summed E-state index contributed by atoms with van der Waals surface area (Å²) in [6.45, 7) is 7.23. The molecule has 10 nitrogen and oxygen atoms in total. The number of nitro groups is 1. The number of nitro benzene ring substituents is 1. The standard InChI is InChI=1S/C16H22N3O7P/c1-9(2)13-15(20)25-27(17-13,18-14(10(3)4)16(21)26-27)24-12-7-5-6-11(8-12)19(22)23/h5-10,13-14,17-18H,1-4H3/t13-,14-/m0/s1. The van der Waals surface area contributed by atoms with Gasteiger partial charge in [-0.15, -0.1) is 0 Å². The Kier molecular flexibility index (Phi) is 4.62. The van der Waals surface area contributed by atoms with Gasteiger partial charge in [0.25, 0.3) is 0 Å². The van der Waals surface area contributed by atoms with Crippen molar-refractivity contribution in [1.29, 1.82) is 0 Å². The van der Waals surface area contributed by atoms with Gasteiger partial charge >= 0.3 is 155 Å². The monoisotopic (exact) mass is 399 g/mol. The molecular formula is C16H22N3O7P. The second-order valence-corrected chi connectivity index (χ2v) is 10.1. The molecule has 0 radical (unpaired) electrons. The Balaban J connectivity index is 2.05. The summed E-state index contributed by atoms with van der Waals surface area (Å²) in [5, 5.41) is 17.0. The average Bonchev–Trinajstić information content (AvgIpc) is 3.02. The van der Waals surface area contributed by atoms with Crippen LogP contribution in [-0.4, -0.2) is 28.9 Å². The van der Waals surface area contributed by atoms with Gasteiger partial charge in [0.2, 0.25) is 0 Å². The molecule has 1 aromatic carbocycles. The van der Waals surface area contributed by atoms with Crippen LogP contribution >= 0.6 is 7.59 Å². The third-order valence-electron chi connectivity index (χ3n) is 4.38. The molecule has 2 fully saturated rings. The molecule has 0 aromatic heterocycles. The van der Waals surface area contributed by atoms with Gasteiger partial charge in [0.1, 0.15) is 0 Å². The first-order chi connectivity index (χ1) is 12.5. The van der Waals surface area contributed by atoms with E-state index >= 15 is 0 Å².